The van der Waals surface area contributed by atoms with Gasteiger partial charge in [-0.05, 0) is 25.8 Å². The van der Waals surface area contributed by atoms with Crippen LogP contribution < -0.4 is 15.4 Å². The Labute approximate surface area is 157 Å². The molecular formula is C17H31IN4O. The predicted molar refractivity (Wildman–Crippen MR) is 108 cm³/mol. The third-order valence-electron chi connectivity index (χ3n) is 3.39. The molecule has 0 fully saturated rings. The van der Waals surface area contributed by atoms with E-state index < -0.39 is 0 Å². The van der Waals surface area contributed by atoms with Crippen LogP contribution in [0.25, 0.3) is 0 Å². The summed E-state index contributed by atoms with van der Waals surface area (Å²) >= 11 is 0. The summed E-state index contributed by atoms with van der Waals surface area (Å²) in [6, 6.07) is 4.28. The van der Waals surface area contributed by atoms with Crippen LogP contribution in [0.1, 0.15) is 52.0 Å². The molecule has 1 aromatic rings. The van der Waals surface area contributed by atoms with Gasteiger partial charge in [0.25, 0.3) is 0 Å². The number of methoxy groups -OCH3 is 1. The number of ether oxygens (including phenoxy) is 1. The van der Waals surface area contributed by atoms with Gasteiger partial charge in [-0.25, -0.2) is 9.98 Å². The molecule has 23 heavy (non-hydrogen) atoms. The van der Waals surface area contributed by atoms with Gasteiger partial charge < -0.3 is 15.4 Å². The number of guanidine groups is 1. The summed E-state index contributed by atoms with van der Waals surface area (Å²) in [5.74, 6) is 1.49. The van der Waals surface area contributed by atoms with Gasteiger partial charge in [-0.15, -0.1) is 24.0 Å². The first-order chi connectivity index (χ1) is 10.7. The Bertz CT molecular complexity index is 437. The number of nitrogens with zero attached hydrogens (tertiary/aromatic N) is 2. The highest BCUT2D eigenvalue weighted by Crippen LogP contribution is 2.07. The van der Waals surface area contributed by atoms with Gasteiger partial charge in [0.15, 0.2) is 5.96 Å². The molecule has 0 amide bonds. The van der Waals surface area contributed by atoms with E-state index in [1.165, 1.54) is 25.7 Å². The molecule has 1 rings (SSSR count). The Morgan fingerprint density at radius 2 is 2.09 bits per heavy atom. The number of halogens is 1. The van der Waals surface area contributed by atoms with Gasteiger partial charge in [-0.2, -0.15) is 0 Å². The maximum atomic E-state index is 5.06. The minimum atomic E-state index is 0. The first-order valence-electron chi connectivity index (χ1n) is 8.23. The Balaban J connectivity index is 0.00000484. The van der Waals surface area contributed by atoms with E-state index in [-0.39, 0.29) is 24.0 Å². The quantitative estimate of drug-likeness (QED) is 0.269. The van der Waals surface area contributed by atoms with E-state index in [0.29, 0.717) is 18.5 Å². The van der Waals surface area contributed by atoms with Crippen molar-refractivity contribution >= 4 is 29.9 Å². The number of hydrogen-bond acceptors (Lipinski definition) is 3. The Morgan fingerprint density at radius 3 is 2.65 bits per heavy atom. The van der Waals surface area contributed by atoms with Crippen LogP contribution in [-0.4, -0.2) is 30.6 Å². The van der Waals surface area contributed by atoms with Crippen LogP contribution in [0.3, 0.4) is 0 Å². The monoisotopic (exact) mass is 434 g/mol. The summed E-state index contributed by atoms with van der Waals surface area (Å²) in [5.41, 5.74) is 1.07. The van der Waals surface area contributed by atoms with E-state index in [0.717, 1.165) is 18.1 Å². The molecule has 1 unspecified atom stereocenters. The lowest BCUT2D eigenvalue weighted by molar-refractivity contribution is 0.397. The number of nitrogens with one attached hydrogen (secondary N) is 2. The number of aliphatic imine (C=N–C) groups is 1. The van der Waals surface area contributed by atoms with Crippen LogP contribution in [0.2, 0.25) is 0 Å². The van der Waals surface area contributed by atoms with Crippen LogP contribution in [0.5, 0.6) is 5.88 Å². The van der Waals surface area contributed by atoms with Gasteiger partial charge in [0.2, 0.25) is 5.88 Å². The molecule has 0 bridgehead atoms. The van der Waals surface area contributed by atoms with Gasteiger partial charge in [0.1, 0.15) is 0 Å². The first kappa shape index (κ1) is 21.9. The average molecular weight is 434 g/mol. The van der Waals surface area contributed by atoms with Gasteiger partial charge in [0, 0.05) is 24.8 Å². The van der Waals surface area contributed by atoms with Crippen molar-refractivity contribution in [1.82, 2.24) is 15.6 Å². The van der Waals surface area contributed by atoms with Crippen LogP contribution in [0, 0.1) is 0 Å². The lowest BCUT2D eigenvalue weighted by atomic mass is 10.1. The number of rotatable bonds is 9. The van der Waals surface area contributed by atoms with Crippen molar-refractivity contribution in [3.8, 4) is 5.88 Å². The van der Waals surface area contributed by atoms with Crippen LogP contribution >= 0.6 is 24.0 Å². The zero-order valence-electron chi connectivity index (χ0n) is 14.8. The van der Waals surface area contributed by atoms with Crippen molar-refractivity contribution in [1.29, 1.82) is 0 Å². The van der Waals surface area contributed by atoms with Crippen molar-refractivity contribution in [2.24, 2.45) is 4.99 Å². The van der Waals surface area contributed by atoms with Crippen molar-refractivity contribution in [3.63, 3.8) is 0 Å². The molecule has 0 saturated carbocycles. The topological polar surface area (TPSA) is 58.5 Å². The highest BCUT2D eigenvalue weighted by atomic mass is 127. The molecule has 5 nitrogen and oxygen atoms in total. The highest BCUT2D eigenvalue weighted by Gasteiger charge is 2.05. The molecule has 0 aliphatic rings. The minimum Gasteiger partial charge on any atom is -0.481 e. The summed E-state index contributed by atoms with van der Waals surface area (Å²) < 4.78 is 5.06. The zero-order chi connectivity index (χ0) is 16.2. The largest absolute Gasteiger partial charge is 0.481 e. The first-order valence-corrected chi connectivity index (χ1v) is 8.23. The van der Waals surface area contributed by atoms with Crippen LogP contribution in [-0.2, 0) is 6.54 Å². The second-order valence-corrected chi connectivity index (χ2v) is 5.45. The van der Waals surface area contributed by atoms with Crippen molar-refractivity contribution in [2.75, 3.05) is 13.7 Å². The van der Waals surface area contributed by atoms with E-state index in [4.69, 9.17) is 4.74 Å². The van der Waals surface area contributed by atoms with Gasteiger partial charge in [-0.1, -0.05) is 32.3 Å². The lowest BCUT2D eigenvalue weighted by Crippen LogP contribution is -2.42. The zero-order valence-corrected chi connectivity index (χ0v) is 17.1. The highest BCUT2D eigenvalue weighted by molar-refractivity contribution is 14.0. The lowest BCUT2D eigenvalue weighted by Gasteiger charge is -2.17. The fourth-order valence-electron chi connectivity index (χ4n) is 2.12. The van der Waals surface area contributed by atoms with E-state index in [9.17, 15) is 0 Å². The molecule has 0 saturated heterocycles. The van der Waals surface area contributed by atoms with Crippen LogP contribution in [0.15, 0.2) is 23.3 Å². The van der Waals surface area contributed by atoms with Crippen molar-refractivity contribution < 1.29 is 4.74 Å². The maximum Gasteiger partial charge on any atom is 0.212 e. The summed E-state index contributed by atoms with van der Waals surface area (Å²) in [6.07, 6.45) is 6.77. The van der Waals surface area contributed by atoms with Gasteiger partial charge >= 0.3 is 0 Å². The van der Waals surface area contributed by atoms with E-state index in [1.54, 1.807) is 13.3 Å². The van der Waals surface area contributed by atoms with Crippen molar-refractivity contribution in [3.05, 3.63) is 23.9 Å². The Morgan fingerprint density at radius 1 is 1.30 bits per heavy atom. The maximum absolute atomic E-state index is 5.06. The number of unbranched alkanes of at least 4 members (excludes halogenated alkanes) is 2. The fourth-order valence-corrected chi connectivity index (χ4v) is 2.12. The molecule has 0 spiro atoms. The third-order valence-corrected chi connectivity index (χ3v) is 3.39. The fraction of sp³-hybridized carbons (Fsp3) is 0.647. The summed E-state index contributed by atoms with van der Waals surface area (Å²) in [7, 11) is 1.62. The van der Waals surface area contributed by atoms with E-state index >= 15 is 0 Å². The SMILES string of the molecule is CCCCCC(C)NC(=NCc1ccc(OC)nc1)NCC.I. The second-order valence-electron chi connectivity index (χ2n) is 5.45. The molecule has 0 aliphatic carbocycles. The molecule has 0 aromatic carbocycles. The molecule has 1 aromatic heterocycles. The third kappa shape index (κ3) is 9.63. The molecule has 0 radical (unpaired) electrons. The molecular weight excluding hydrogens is 403 g/mol. The molecule has 6 heteroatoms. The summed E-state index contributed by atoms with van der Waals surface area (Å²) in [5, 5.41) is 6.75. The number of hydrogen-bond donors (Lipinski definition) is 2. The normalized spacial score (nSPS) is 12.3. The van der Waals surface area contributed by atoms with Crippen molar-refractivity contribution in [2.45, 2.75) is 59.0 Å². The smallest absolute Gasteiger partial charge is 0.212 e. The number of pyridine rings is 1. The van der Waals surface area contributed by atoms with Gasteiger partial charge in [0.05, 0.1) is 13.7 Å². The molecule has 0 aliphatic heterocycles. The standard InChI is InChI=1S/C17H30N4O.HI/c1-5-7-8-9-14(3)21-17(18-6-2)20-13-15-10-11-16(22-4)19-12-15;/h10-12,14H,5-9,13H2,1-4H3,(H2,18,20,21);1H. The average Bonchev–Trinajstić information content (AvgIpc) is 2.53. The minimum absolute atomic E-state index is 0. The number of aromatic nitrogens is 1. The molecule has 132 valence electrons. The second kappa shape index (κ2) is 13.4. The Hall–Kier alpha value is -1.05. The predicted octanol–water partition coefficient (Wildman–Crippen LogP) is 3.73. The van der Waals surface area contributed by atoms with Crippen LogP contribution in [0.4, 0.5) is 0 Å². The van der Waals surface area contributed by atoms with Gasteiger partial charge in [-0.3, -0.25) is 0 Å². The van der Waals surface area contributed by atoms with E-state index in [2.05, 4.69) is 41.4 Å². The van der Waals surface area contributed by atoms with E-state index in [1.807, 2.05) is 12.1 Å². The summed E-state index contributed by atoms with van der Waals surface area (Å²) in [4.78, 5) is 8.82. The molecule has 1 atom stereocenters. The Kier molecular flexibility index (Phi) is 12.8. The summed E-state index contributed by atoms with van der Waals surface area (Å²) in [6.45, 7) is 7.97. The molecule has 1 heterocycles. The molecule has 2 N–H and O–H groups in total.